The van der Waals surface area contributed by atoms with E-state index in [2.05, 4.69) is 13.8 Å². The third-order valence-corrected chi connectivity index (χ3v) is 3.08. The molecule has 1 amide bonds. The number of hydrogen-bond acceptors (Lipinski definition) is 2. The van der Waals surface area contributed by atoms with Gasteiger partial charge in [0, 0.05) is 13.1 Å². The van der Waals surface area contributed by atoms with Gasteiger partial charge < -0.3 is 10.6 Å². The second-order valence-electron chi connectivity index (χ2n) is 5.51. The van der Waals surface area contributed by atoms with Gasteiger partial charge in [-0.05, 0) is 24.2 Å². The lowest BCUT2D eigenvalue weighted by Crippen LogP contribution is -2.56. The van der Waals surface area contributed by atoms with Crippen LogP contribution in [0.3, 0.4) is 0 Å². The number of likely N-dealkylation sites (tertiary alicyclic amines) is 1. The van der Waals surface area contributed by atoms with Crippen LogP contribution < -0.4 is 5.73 Å². The summed E-state index contributed by atoms with van der Waals surface area (Å²) in [4.78, 5) is 13.7. The van der Waals surface area contributed by atoms with Crippen molar-refractivity contribution in [2.75, 3.05) is 13.1 Å². The minimum absolute atomic E-state index is 0.130. The molecule has 1 heterocycles. The molecule has 1 aliphatic heterocycles. The molecule has 0 radical (unpaired) electrons. The molecule has 0 unspecified atom stereocenters. The van der Waals surface area contributed by atoms with Crippen LogP contribution in [0.1, 0.15) is 34.1 Å². The average molecular weight is 212 g/mol. The molecule has 1 aliphatic rings. The van der Waals surface area contributed by atoms with Crippen molar-refractivity contribution in [1.29, 1.82) is 0 Å². The summed E-state index contributed by atoms with van der Waals surface area (Å²) in [6.07, 6.45) is 1.22. The lowest BCUT2D eigenvalue weighted by atomic mass is 9.89. The molecule has 1 fully saturated rings. The lowest BCUT2D eigenvalue weighted by Gasteiger charge is -2.41. The van der Waals surface area contributed by atoms with Gasteiger partial charge in [-0.1, -0.05) is 27.7 Å². The maximum Gasteiger partial charge on any atom is 0.239 e. The minimum atomic E-state index is -0.315. The second-order valence-corrected chi connectivity index (χ2v) is 5.51. The van der Waals surface area contributed by atoms with Crippen molar-refractivity contribution in [2.24, 2.45) is 23.5 Å². The van der Waals surface area contributed by atoms with Crippen LogP contribution in [0, 0.1) is 17.8 Å². The van der Waals surface area contributed by atoms with Crippen LogP contribution in [0.2, 0.25) is 0 Å². The molecule has 0 spiro atoms. The van der Waals surface area contributed by atoms with E-state index in [1.807, 2.05) is 18.7 Å². The Morgan fingerprint density at radius 2 is 1.87 bits per heavy atom. The van der Waals surface area contributed by atoms with E-state index < -0.39 is 0 Å². The van der Waals surface area contributed by atoms with Crippen molar-refractivity contribution in [3.63, 3.8) is 0 Å². The predicted octanol–water partition coefficient (Wildman–Crippen LogP) is 1.47. The number of rotatable bonds is 4. The van der Waals surface area contributed by atoms with Crippen LogP contribution in [0.25, 0.3) is 0 Å². The molecule has 2 N–H and O–H groups in total. The fourth-order valence-electron chi connectivity index (χ4n) is 2.06. The Morgan fingerprint density at radius 3 is 2.27 bits per heavy atom. The van der Waals surface area contributed by atoms with E-state index in [1.54, 1.807) is 0 Å². The third kappa shape index (κ3) is 3.20. The van der Waals surface area contributed by atoms with Gasteiger partial charge in [0.2, 0.25) is 5.91 Å². The van der Waals surface area contributed by atoms with E-state index in [4.69, 9.17) is 5.73 Å². The average Bonchev–Trinajstić information content (AvgIpc) is 2.07. The molecule has 3 heteroatoms. The Labute approximate surface area is 93.0 Å². The van der Waals surface area contributed by atoms with E-state index in [-0.39, 0.29) is 17.9 Å². The monoisotopic (exact) mass is 212 g/mol. The van der Waals surface area contributed by atoms with Gasteiger partial charge in [0.15, 0.2) is 0 Å². The van der Waals surface area contributed by atoms with Crippen molar-refractivity contribution >= 4 is 5.91 Å². The predicted molar refractivity (Wildman–Crippen MR) is 62.3 cm³/mol. The zero-order chi connectivity index (χ0) is 11.6. The highest BCUT2D eigenvalue weighted by molar-refractivity contribution is 5.82. The summed E-state index contributed by atoms with van der Waals surface area (Å²) in [7, 11) is 0. The van der Waals surface area contributed by atoms with Crippen LogP contribution in [-0.2, 0) is 4.79 Å². The second kappa shape index (κ2) is 4.97. The largest absolute Gasteiger partial charge is 0.341 e. The molecule has 0 aromatic carbocycles. The number of carbonyl (C=O) groups excluding carboxylic acids is 1. The maximum absolute atomic E-state index is 11.8. The first kappa shape index (κ1) is 12.5. The van der Waals surface area contributed by atoms with Gasteiger partial charge in [0.1, 0.15) is 0 Å². The van der Waals surface area contributed by atoms with E-state index in [0.29, 0.717) is 5.92 Å². The Balaban J connectivity index is 2.29. The standard InChI is InChI=1S/C12H24N2O/c1-8(2)5-10-6-14(7-10)12(15)11(13)9(3)4/h8-11H,5-7,13H2,1-4H3/t11-/m0/s1. The van der Waals surface area contributed by atoms with E-state index in [9.17, 15) is 4.79 Å². The highest BCUT2D eigenvalue weighted by atomic mass is 16.2. The Morgan fingerprint density at radius 1 is 1.33 bits per heavy atom. The molecule has 0 aromatic heterocycles. The van der Waals surface area contributed by atoms with E-state index >= 15 is 0 Å². The van der Waals surface area contributed by atoms with Crippen LogP contribution in [-0.4, -0.2) is 29.9 Å². The van der Waals surface area contributed by atoms with Crippen molar-refractivity contribution in [1.82, 2.24) is 4.90 Å². The molecular formula is C12H24N2O. The molecule has 88 valence electrons. The SMILES string of the molecule is CC(C)CC1CN(C(=O)[C@@H](N)C(C)C)C1. The van der Waals surface area contributed by atoms with Gasteiger partial charge in [-0.3, -0.25) is 4.79 Å². The molecular weight excluding hydrogens is 188 g/mol. The van der Waals surface area contributed by atoms with Crippen molar-refractivity contribution in [3.8, 4) is 0 Å². The number of hydrogen-bond donors (Lipinski definition) is 1. The molecule has 15 heavy (non-hydrogen) atoms. The Hall–Kier alpha value is -0.570. The number of nitrogens with zero attached hydrogens (tertiary/aromatic N) is 1. The maximum atomic E-state index is 11.8. The smallest absolute Gasteiger partial charge is 0.239 e. The summed E-state index contributed by atoms with van der Waals surface area (Å²) in [6, 6.07) is -0.315. The summed E-state index contributed by atoms with van der Waals surface area (Å²) in [6.45, 7) is 10.3. The highest BCUT2D eigenvalue weighted by Gasteiger charge is 2.33. The van der Waals surface area contributed by atoms with Gasteiger partial charge in [-0.25, -0.2) is 0 Å². The highest BCUT2D eigenvalue weighted by Crippen LogP contribution is 2.23. The number of amides is 1. The zero-order valence-corrected chi connectivity index (χ0v) is 10.4. The summed E-state index contributed by atoms with van der Waals surface area (Å²) in [5.74, 6) is 1.80. The molecule has 1 atom stereocenters. The summed E-state index contributed by atoms with van der Waals surface area (Å²) >= 11 is 0. The fraction of sp³-hybridized carbons (Fsp3) is 0.917. The molecule has 0 aliphatic carbocycles. The third-order valence-electron chi connectivity index (χ3n) is 3.08. The number of nitrogens with two attached hydrogens (primary N) is 1. The summed E-state index contributed by atoms with van der Waals surface area (Å²) in [5.41, 5.74) is 5.83. The molecule has 0 aromatic rings. The lowest BCUT2D eigenvalue weighted by molar-refractivity contribution is -0.140. The van der Waals surface area contributed by atoms with Crippen LogP contribution >= 0.6 is 0 Å². The van der Waals surface area contributed by atoms with Gasteiger partial charge in [-0.2, -0.15) is 0 Å². The van der Waals surface area contributed by atoms with Gasteiger partial charge in [0.05, 0.1) is 6.04 Å². The van der Waals surface area contributed by atoms with Crippen molar-refractivity contribution < 1.29 is 4.79 Å². The van der Waals surface area contributed by atoms with E-state index in [1.165, 1.54) is 6.42 Å². The summed E-state index contributed by atoms with van der Waals surface area (Å²) in [5, 5.41) is 0. The first-order chi connectivity index (χ1) is 6.91. The van der Waals surface area contributed by atoms with E-state index in [0.717, 1.165) is 19.0 Å². The van der Waals surface area contributed by atoms with Crippen molar-refractivity contribution in [2.45, 2.75) is 40.2 Å². The minimum Gasteiger partial charge on any atom is -0.341 e. The van der Waals surface area contributed by atoms with Crippen LogP contribution in [0.5, 0.6) is 0 Å². The van der Waals surface area contributed by atoms with Gasteiger partial charge in [-0.15, -0.1) is 0 Å². The zero-order valence-electron chi connectivity index (χ0n) is 10.4. The Kier molecular flexibility index (Phi) is 4.14. The first-order valence-corrected chi connectivity index (χ1v) is 5.96. The molecule has 0 saturated carbocycles. The number of carbonyl (C=O) groups is 1. The molecule has 3 nitrogen and oxygen atoms in total. The molecule has 0 bridgehead atoms. The van der Waals surface area contributed by atoms with Crippen molar-refractivity contribution in [3.05, 3.63) is 0 Å². The van der Waals surface area contributed by atoms with Gasteiger partial charge >= 0.3 is 0 Å². The van der Waals surface area contributed by atoms with Gasteiger partial charge in [0.25, 0.3) is 0 Å². The normalized spacial score (nSPS) is 19.5. The molecule has 1 saturated heterocycles. The topological polar surface area (TPSA) is 46.3 Å². The molecule has 1 rings (SSSR count). The first-order valence-electron chi connectivity index (χ1n) is 5.96. The fourth-order valence-corrected chi connectivity index (χ4v) is 2.06. The quantitative estimate of drug-likeness (QED) is 0.767. The summed E-state index contributed by atoms with van der Waals surface area (Å²) < 4.78 is 0. The van der Waals surface area contributed by atoms with Crippen LogP contribution in [0.15, 0.2) is 0 Å². The van der Waals surface area contributed by atoms with Crippen LogP contribution in [0.4, 0.5) is 0 Å². The Bertz CT molecular complexity index is 220.